The van der Waals surface area contributed by atoms with E-state index in [-0.39, 0.29) is 17.7 Å². The number of quaternary nitrogens is 1. The lowest BCUT2D eigenvalue weighted by Crippen LogP contribution is -2.56. The lowest BCUT2D eigenvalue weighted by molar-refractivity contribution is -0.0683. The Morgan fingerprint density at radius 3 is 2.66 bits per heavy atom. The Labute approximate surface area is 203 Å². The molecule has 4 heterocycles. The van der Waals surface area contributed by atoms with Gasteiger partial charge in [-0.1, -0.05) is 0 Å². The van der Waals surface area contributed by atoms with Crippen molar-refractivity contribution in [2.75, 3.05) is 46.0 Å². The number of ether oxygens (including phenoxy) is 3. The molecular formula is C27H31FN3O4+. The van der Waals surface area contributed by atoms with Crippen LogP contribution in [0.2, 0.25) is 0 Å². The van der Waals surface area contributed by atoms with Crippen molar-refractivity contribution < 1.29 is 18.6 Å². The summed E-state index contributed by atoms with van der Waals surface area (Å²) >= 11 is 0. The van der Waals surface area contributed by atoms with Gasteiger partial charge in [-0.15, -0.1) is 0 Å². The summed E-state index contributed by atoms with van der Waals surface area (Å²) < 4.78 is 34.4. The van der Waals surface area contributed by atoms with Gasteiger partial charge in [0.2, 0.25) is 0 Å². The SMILES string of the molecule is O=c1c2ccc(OCC3OCCO3)cc2ccn1-c1ccc([N+]2([C@@H]3CCNC3)CCCC2)c(F)c1. The van der Waals surface area contributed by atoms with Gasteiger partial charge in [0.1, 0.15) is 18.4 Å². The van der Waals surface area contributed by atoms with E-state index in [1.54, 1.807) is 18.3 Å². The van der Waals surface area contributed by atoms with Crippen LogP contribution in [-0.2, 0) is 9.47 Å². The van der Waals surface area contributed by atoms with Crippen molar-refractivity contribution in [2.45, 2.75) is 31.6 Å². The highest BCUT2D eigenvalue weighted by molar-refractivity contribution is 5.83. The molecule has 0 radical (unpaired) electrons. The molecule has 2 aromatic carbocycles. The fourth-order valence-electron chi connectivity index (χ4n) is 5.96. The summed E-state index contributed by atoms with van der Waals surface area (Å²) in [6.07, 6.45) is 4.65. The summed E-state index contributed by atoms with van der Waals surface area (Å²) in [4.78, 5) is 13.3. The Balaban J connectivity index is 1.28. The van der Waals surface area contributed by atoms with Crippen LogP contribution in [0, 0.1) is 5.82 Å². The molecule has 1 aromatic heterocycles. The van der Waals surface area contributed by atoms with Gasteiger partial charge >= 0.3 is 0 Å². The molecule has 3 aliphatic heterocycles. The number of hydrogen-bond acceptors (Lipinski definition) is 5. The number of likely N-dealkylation sites (tertiary alicyclic amines) is 1. The zero-order chi connectivity index (χ0) is 23.8. The van der Waals surface area contributed by atoms with Gasteiger partial charge in [-0.25, -0.2) is 4.39 Å². The second kappa shape index (κ2) is 9.35. The van der Waals surface area contributed by atoms with E-state index in [4.69, 9.17) is 14.2 Å². The zero-order valence-corrected chi connectivity index (χ0v) is 19.7. The fraction of sp³-hybridized carbons (Fsp3) is 0.444. The summed E-state index contributed by atoms with van der Waals surface area (Å²) in [6, 6.07) is 12.9. The van der Waals surface area contributed by atoms with Crippen LogP contribution in [0.25, 0.3) is 16.5 Å². The topological polar surface area (TPSA) is 61.7 Å². The predicted octanol–water partition coefficient (Wildman–Crippen LogP) is 3.34. The molecular weight excluding hydrogens is 449 g/mol. The number of nitrogens with zero attached hydrogens (tertiary/aromatic N) is 2. The van der Waals surface area contributed by atoms with Gasteiger partial charge in [0.15, 0.2) is 17.8 Å². The normalized spacial score (nSPS) is 22.3. The first-order valence-corrected chi connectivity index (χ1v) is 12.5. The van der Waals surface area contributed by atoms with Crippen LogP contribution in [0.15, 0.2) is 53.5 Å². The minimum absolute atomic E-state index is 0.186. The number of hydrogen-bond donors (Lipinski definition) is 1. The largest absolute Gasteiger partial charge is 0.488 e. The Morgan fingerprint density at radius 2 is 1.91 bits per heavy atom. The van der Waals surface area contributed by atoms with Crippen molar-refractivity contribution in [2.24, 2.45) is 0 Å². The van der Waals surface area contributed by atoms with Gasteiger partial charge in [-0.2, -0.15) is 0 Å². The van der Waals surface area contributed by atoms with Crippen LogP contribution < -0.4 is 20.1 Å². The van der Waals surface area contributed by atoms with Crippen molar-refractivity contribution in [3.63, 3.8) is 0 Å². The Kier molecular flexibility index (Phi) is 6.06. The molecule has 3 saturated heterocycles. The Morgan fingerprint density at radius 1 is 1.09 bits per heavy atom. The molecule has 6 rings (SSSR count). The van der Waals surface area contributed by atoms with E-state index in [9.17, 15) is 4.79 Å². The highest BCUT2D eigenvalue weighted by Crippen LogP contribution is 2.37. The minimum Gasteiger partial charge on any atom is -0.488 e. The third-order valence-corrected chi connectivity index (χ3v) is 7.74. The molecule has 3 fully saturated rings. The molecule has 0 aliphatic carbocycles. The second-order valence-electron chi connectivity index (χ2n) is 9.69. The number of nitrogens with one attached hydrogen (secondary N) is 1. The molecule has 0 amide bonds. The Hall–Kier alpha value is -2.78. The van der Waals surface area contributed by atoms with Gasteiger partial charge in [0.25, 0.3) is 5.56 Å². The highest BCUT2D eigenvalue weighted by atomic mass is 19.1. The lowest BCUT2D eigenvalue weighted by Gasteiger charge is -2.39. The van der Waals surface area contributed by atoms with Gasteiger partial charge < -0.3 is 19.5 Å². The molecule has 0 bridgehead atoms. The number of rotatable bonds is 6. The second-order valence-corrected chi connectivity index (χ2v) is 9.69. The van der Waals surface area contributed by atoms with Crippen LogP contribution in [0.4, 0.5) is 10.1 Å². The first-order chi connectivity index (χ1) is 17.1. The van der Waals surface area contributed by atoms with E-state index in [2.05, 4.69) is 5.32 Å². The molecule has 1 N–H and O–H groups in total. The molecule has 0 spiro atoms. The standard InChI is InChI=1S/C27H31FN3O4/c28-24-16-20(3-6-25(24)31(11-1-2-12-31)21-7-9-29-17-21)30-10-8-19-15-22(4-5-23(19)27(30)32)35-18-26-33-13-14-34-26/h3-6,8,10,15-16,21,26,29H,1-2,7,9,11-14,17-18H2/q+1/t21-/m1/s1. The first kappa shape index (κ1) is 22.7. The van der Waals surface area contributed by atoms with Crippen molar-refractivity contribution in [3.8, 4) is 11.4 Å². The van der Waals surface area contributed by atoms with Crippen molar-refractivity contribution in [1.29, 1.82) is 0 Å². The number of pyridine rings is 1. The average molecular weight is 481 g/mol. The van der Waals surface area contributed by atoms with Gasteiger partial charge in [-0.3, -0.25) is 13.8 Å². The number of benzene rings is 2. The molecule has 3 aliphatic rings. The molecule has 8 heteroatoms. The maximum absolute atomic E-state index is 15.6. The first-order valence-electron chi connectivity index (χ1n) is 12.5. The smallest absolute Gasteiger partial charge is 0.262 e. The van der Waals surface area contributed by atoms with Crippen LogP contribution in [0.1, 0.15) is 19.3 Å². The predicted molar refractivity (Wildman–Crippen MR) is 133 cm³/mol. The van der Waals surface area contributed by atoms with Crippen molar-refractivity contribution in [3.05, 3.63) is 64.8 Å². The summed E-state index contributed by atoms with van der Waals surface area (Å²) in [5.41, 5.74) is 1.11. The lowest BCUT2D eigenvalue weighted by atomic mass is 10.1. The molecule has 0 unspecified atom stereocenters. The Bertz CT molecular complexity index is 1280. The molecule has 0 saturated carbocycles. The summed E-state index contributed by atoms with van der Waals surface area (Å²) in [6.45, 7) is 5.31. The van der Waals surface area contributed by atoms with Gasteiger partial charge in [0, 0.05) is 56.1 Å². The highest BCUT2D eigenvalue weighted by Gasteiger charge is 2.44. The molecule has 35 heavy (non-hydrogen) atoms. The van der Waals surface area contributed by atoms with Crippen LogP contribution in [0.3, 0.4) is 0 Å². The number of fused-ring (bicyclic) bond motifs is 1. The third kappa shape index (κ3) is 4.14. The summed E-state index contributed by atoms with van der Waals surface area (Å²) in [5, 5.41) is 4.77. The average Bonchev–Trinajstić information content (AvgIpc) is 3.66. The number of halogens is 1. The van der Waals surface area contributed by atoms with Crippen LogP contribution >= 0.6 is 0 Å². The van der Waals surface area contributed by atoms with Crippen molar-refractivity contribution in [1.82, 2.24) is 14.4 Å². The maximum atomic E-state index is 15.6. The van der Waals surface area contributed by atoms with Crippen molar-refractivity contribution >= 4 is 16.5 Å². The van der Waals surface area contributed by atoms with E-state index in [1.165, 1.54) is 10.6 Å². The minimum atomic E-state index is -0.358. The van der Waals surface area contributed by atoms with E-state index >= 15 is 4.39 Å². The maximum Gasteiger partial charge on any atom is 0.262 e. The van der Waals surface area contributed by atoms with Crippen LogP contribution in [0.5, 0.6) is 5.75 Å². The third-order valence-electron chi connectivity index (χ3n) is 7.74. The molecule has 3 aromatic rings. The van der Waals surface area contributed by atoms with E-state index in [1.807, 2.05) is 24.3 Å². The fourth-order valence-corrected chi connectivity index (χ4v) is 5.96. The van der Waals surface area contributed by atoms with Crippen LogP contribution in [-0.4, -0.2) is 62.9 Å². The zero-order valence-electron chi connectivity index (χ0n) is 19.7. The molecule has 7 nitrogen and oxygen atoms in total. The molecule has 1 atom stereocenters. The van der Waals surface area contributed by atoms with E-state index in [0.717, 1.165) is 56.5 Å². The van der Waals surface area contributed by atoms with E-state index in [0.29, 0.717) is 47.2 Å². The van der Waals surface area contributed by atoms with Gasteiger partial charge in [-0.05, 0) is 35.7 Å². The summed E-state index contributed by atoms with van der Waals surface area (Å²) in [7, 11) is 0. The molecule has 184 valence electrons. The number of aromatic nitrogens is 1. The quantitative estimate of drug-likeness (QED) is 0.549. The van der Waals surface area contributed by atoms with Gasteiger partial charge in [0.05, 0.1) is 32.0 Å². The van der Waals surface area contributed by atoms with E-state index < -0.39 is 0 Å². The monoisotopic (exact) mass is 480 g/mol. The summed E-state index contributed by atoms with van der Waals surface area (Å²) in [5.74, 6) is 0.411.